The highest BCUT2D eigenvalue weighted by Crippen LogP contribution is 2.36. The van der Waals surface area contributed by atoms with Crippen LogP contribution in [0.1, 0.15) is 36.1 Å². The van der Waals surface area contributed by atoms with Crippen LogP contribution in [-0.4, -0.2) is 0 Å². The Morgan fingerprint density at radius 1 is 1.04 bits per heavy atom. The van der Waals surface area contributed by atoms with Crippen molar-refractivity contribution in [1.82, 2.24) is 0 Å². The molecule has 0 bridgehead atoms. The van der Waals surface area contributed by atoms with Crippen LogP contribution in [0.2, 0.25) is 0 Å². The van der Waals surface area contributed by atoms with Gasteiger partial charge in [-0.25, -0.2) is 0 Å². The Kier molecular flexibility index (Phi) is 6.41. The van der Waals surface area contributed by atoms with E-state index < -0.39 is 0 Å². The molecule has 0 fully saturated rings. The smallest absolute Gasteiger partial charge is 0.292 e. The average molecular weight is 358 g/mol. The highest BCUT2D eigenvalue weighted by atomic mass is 16.6. The van der Waals surface area contributed by atoms with Crippen molar-refractivity contribution < 1.29 is 9.57 Å². The Labute approximate surface area is 160 Å². The van der Waals surface area contributed by atoms with E-state index in [0.29, 0.717) is 24.3 Å². The number of hydrogen-bond donors (Lipinski definition) is 0. The summed E-state index contributed by atoms with van der Waals surface area (Å²) in [5, 5.41) is 11.9. The van der Waals surface area contributed by atoms with Crippen molar-refractivity contribution in [2.75, 3.05) is 0 Å². The molecule has 0 saturated carbocycles. The summed E-state index contributed by atoms with van der Waals surface area (Å²) in [6.07, 6.45) is 6.54. The van der Waals surface area contributed by atoms with E-state index in [1.165, 1.54) is 0 Å². The molecule has 27 heavy (non-hydrogen) atoms. The molecule has 0 aliphatic rings. The van der Waals surface area contributed by atoms with E-state index in [0.717, 1.165) is 22.3 Å². The lowest BCUT2D eigenvalue weighted by Gasteiger charge is -2.27. The Hall–Kier alpha value is -3.50. The van der Waals surface area contributed by atoms with Crippen LogP contribution in [0, 0.1) is 18.1 Å². The standard InChI is InChI=1S/C23H22N2O2/c1-6-8-17-14-19(10-12-21(17)26-16-24)23(3,4)20-11-13-22(27-25-5)18(15-20)9-7-2/h6-7,10-15H,1-2,8-9H2,3-4H3. The lowest BCUT2D eigenvalue weighted by molar-refractivity contribution is 0.466. The summed E-state index contributed by atoms with van der Waals surface area (Å²) in [5.74, 6) is 1.10. The summed E-state index contributed by atoms with van der Waals surface area (Å²) in [7, 11) is 0. The number of benzene rings is 2. The molecule has 0 unspecified atom stereocenters. The number of nitriles is 1. The summed E-state index contributed by atoms with van der Waals surface area (Å²) < 4.78 is 5.06. The van der Waals surface area contributed by atoms with Gasteiger partial charge >= 0.3 is 0 Å². The number of rotatable bonds is 8. The first-order chi connectivity index (χ1) is 13.0. The number of nitrogens with zero attached hydrogens (tertiary/aromatic N) is 2. The molecule has 0 aromatic heterocycles. The third kappa shape index (κ3) is 4.37. The molecule has 0 atom stereocenters. The van der Waals surface area contributed by atoms with Crippen LogP contribution in [0.15, 0.2) is 61.7 Å². The zero-order valence-electron chi connectivity index (χ0n) is 15.7. The Morgan fingerprint density at radius 2 is 1.56 bits per heavy atom. The predicted octanol–water partition coefficient (Wildman–Crippen LogP) is 5.54. The SMILES string of the molecule is [C-]#[N+]Oc1ccc(C(C)(C)c2ccc(OC#N)c(CC=C)c2)cc1CC=C. The van der Waals surface area contributed by atoms with E-state index in [4.69, 9.17) is 21.4 Å². The van der Waals surface area contributed by atoms with Crippen LogP contribution in [0.3, 0.4) is 0 Å². The molecular weight excluding hydrogens is 336 g/mol. The molecule has 2 aromatic rings. The zero-order chi connectivity index (χ0) is 19.9. The van der Waals surface area contributed by atoms with Crippen molar-refractivity contribution in [2.45, 2.75) is 32.1 Å². The molecule has 0 saturated heterocycles. The highest BCUT2D eigenvalue weighted by molar-refractivity contribution is 5.48. The minimum atomic E-state index is -0.298. The molecule has 0 amide bonds. The average Bonchev–Trinajstić information content (AvgIpc) is 2.65. The van der Waals surface area contributed by atoms with Crippen LogP contribution in [0.25, 0.3) is 5.01 Å². The van der Waals surface area contributed by atoms with Gasteiger partial charge in [-0.05, 0) is 46.7 Å². The largest absolute Gasteiger partial charge is 0.388 e. The molecule has 2 aromatic carbocycles. The predicted molar refractivity (Wildman–Crippen MR) is 106 cm³/mol. The fraction of sp³-hybridized carbons (Fsp3) is 0.217. The first-order valence-corrected chi connectivity index (χ1v) is 8.56. The number of allylic oxidation sites excluding steroid dienone is 2. The van der Waals surface area contributed by atoms with Crippen molar-refractivity contribution in [2.24, 2.45) is 0 Å². The summed E-state index contributed by atoms with van der Waals surface area (Å²) >= 11 is 0. The van der Waals surface area contributed by atoms with Gasteiger partial charge in [0.05, 0.1) is 0 Å². The molecular formula is C23H22N2O2. The van der Waals surface area contributed by atoms with Crippen molar-refractivity contribution >= 4 is 0 Å². The minimum absolute atomic E-state index is 0.298. The summed E-state index contributed by atoms with van der Waals surface area (Å²) in [6.45, 7) is 18.8. The van der Waals surface area contributed by atoms with Crippen LogP contribution >= 0.6 is 0 Å². The second-order valence-electron chi connectivity index (χ2n) is 6.63. The highest BCUT2D eigenvalue weighted by Gasteiger charge is 2.25. The van der Waals surface area contributed by atoms with Crippen LogP contribution < -0.4 is 9.57 Å². The third-order valence-corrected chi connectivity index (χ3v) is 4.59. The van der Waals surface area contributed by atoms with Gasteiger partial charge in [0.1, 0.15) is 5.75 Å². The van der Waals surface area contributed by atoms with Crippen molar-refractivity contribution in [3.8, 4) is 17.8 Å². The molecule has 0 heterocycles. The summed E-state index contributed by atoms with van der Waals surface area (Å²) in [4.78, 5) is 5.04. The maximum atomic E-state index is 8.83. The second-order valence-corrected chi connectivity index (χ2v) is 6.63. The molecule has 0 radical (unpaired) electrons. The van der Waals surface area contributed by atoms with Gasteiger partial charge < -0.3 is 4.74 Å². The van der Waals surface area contributed by atoms with Crippen molar-refractivity contribution in [3.05, 3.63) is 95.5 Å². The van der Waals surface area contributed by atoms with Gasteiger partial charge in [-0.15, -0.1) is 18.4 Å². The summed E-state index contributed by atoms with van der Waals surface area (Å²) in [5.41, 5.74) is 3.72. The lowest BCUT2D eigenvalue weighted by atomic mass is 9.77. The van der Waals surface area contributed by atoms with Crippen LogP contribution in [0.5, 0.6) is 11.5 Å². The van der Waals surface area contributed by atoms with E-state index in [-0.39, 0.29) is 5.41 Å². The van der Waals surface area contributed by atoms with Gasteiger partial charge in [-0.1, -0.05) is 50.3 Å². The molecule has 2 rings (SSSR count). The molecule has 4 nitrogen and oxygen atoms in total. The first kappa shape index (κ1) is 19.8. The van der Waals surface area contributed by atoms with E-state index in [1.807, 2.05) is 30.3 Å². The van der Waals surface area contributed by atoms with Crippen LogP contribution in [0.4, 0.5) is 0 Å². The van der Waals surface area contributed by atoms with Crippen molar-refractivity contribution in [1.29, 1.82) is 5.26 Å². The first-order valence-electron chi connectivity index (χ1n) is 8.56. The Morgan fingerprint density at radius 3 is 2.04 bits per heavy atom. The maximum Gasteiger partial charge on any atom is 0.292 e. The van der Waals surface area contributed by atoms with E-state index in [2.05, 4.69) is 38.1 Å². The maximum absolute atomic E-state index is 8.83. The van der Waals surface area contributed by atoms with Gasteiger partial charge in [0.25, 0.3) is 6.26 Å². The van der Waals surface area contributed by atoms with E-state index in [9.17, 15) is 0 Å². The third-order valence-electron chi connectivity index (χ3n) is 4.59. The van der Waals surface area contributed by atoms with Gasteiger partial charge in [0.2, 0.25) is 5.75 Å². The molecule has 0 spiro atoms. The van der Waals surface area contributed by atoms with Crippen molar-refractivity contribution in [3.63, 3.8) is 0 Å². The number of ether oxygens (including phenoxy) is 1. The molecule has 136 valence electrons. The topological polar surface area (TPSA) is 46.6 Å². The monoisotopic (exact) mass is 358 g/mol. The molecule has 0 N–H and O–H groups in total. The minimum Gasteiger partial charge on any atom is -0.388 e. The molecule has 0 aliphatic heterocycles. The normalized spacial score (nSPS) is 10.4. The molecule has 0 aliphatic carbocycles. The Balaban J connectivity index is 2.51. The van der Waals surface area contributed by atoms with Gasteiger partial charge in [0, 0.05) is 11.0 Å². The zero-order valence-corrected chi connectivity index (χ0v) is 15.7. The van der Waals surface area contributed by atoms with Gasteiger partial charge in [0.15, 0.2) is 0 Å². The number of hydrogen-bond acceptors (Lipinski definition) is 3. The van der Waals surface area contributed by atoms with Gasteiger partial charge in [-0.2, -0.15) is 11.4 Å². The fourth-order valence-corrected chi connectivity index (χ4v) is 3.02. The quantitative estimate of drug-likeness (QED) is 0.269. The fourth-order valence-electron chi connectivity index (χ4n) is 3.02. The van der Waals surface area contributed by atoms with Gasteiger partial charge in [-0.3, -0.25) is 0 Å². The van der Waals surface area contributed by atoms with E-state index >= 15 is 0 Å². The second kappa shape index (κ2) is 8.74. The Bertz CT molecular complexity index is 855. The lowest BCUT2D eigenvalue weighted by Crippen LogP contribution is -2.19. The summed E-state index contributed by atoms with van der Waals surface area (Å²) in [6, 6.07) is 11.7. The van der Waals surface area contributed by atoms with E-state index in [1.54, 1.807) is 18.4 Å². The van der Waals surface area contributed by atoms with Crippen LogP contribution in [-0.2, 0) is 18.3 Å². The molecule has 4 heteroatoms.